The minimum atomic E-state index is -3.27. The number of hydrogen-bond donors (Lipinski definition) is 1. The summed E-state index contributed by atoms with van der Waals surface area (Å²) in [5.41, 5.74) is 1.77. The Morgan fingerprint density at radius 2 is 1.96 bits per heavy atom. The van der Waals surface area contributed by atoms with E-state index in [0.29, 0.717) is 35.8 Å². The first-order valence-corrected chi connectivity index (χ1v) is 10.2. The third-order valence-corrected chi connectivity index (χ3v) is 5.14. The molecule has 142 valence electrons. The molecule has 0 aliphatic rings. The predicted molar refractivity (Wildman–Crippen MR) is 100 cm³/mol. The van der Waals surface area contributed by atoms with Gasteiger partial charge in [-0.1, -0.05) is 0 Å². The summed E-state index contributed by atoms with van der Waals surface area (Å²) >= 11 is 0. The van der Waals surface area contributed by atoms with Crippen molar-refractivity contribution in [2.75, 3.05) is 26.5 Å². The summed E-state index contributed by atoms with van der Waals surface area (Å²) in [6.07, 6.45) is 3.56. The molecule has 0 bridgehead atoms. The van der Waals surface area contributed by atoms with Gasteiger partial charge >= 0.3 is 0 Å². The fourth-order valence-corrected chi connectivity index (χ4v) is 3.22. The number of rotatable bonds is 7. The lowest BCUT2D eigenvalue weighted by Gasteiger charge is -2.09. The first kappa shape index (κ1) is 19.2. The molecule has 8 nitrogen and oxygen atoms in total. The molecule has 9 heteroatoms. The molecule has 0 aliphatic carbocycles. The minimum Gasteiger partial charge on any atom is -0.610 e. The van der Waals surface area contributed by atoms with E-state index < -0.39 is 10.2 Å². The van der Waals surface area contributed by atoms with Crippen molar-refractivity contribution in [2.45, 2.75) is 11.3 Å². The highest BCUT2D eigenvalue weighted by molar-refractivity contribution is 7.97. The number of pyridine rings is 1. The molecule has 3 aromatic rings. The van der Waals surface area contributed by atoms with E-state index in [1.807, 2.05) is 0 Å². The summed E-state index contributed by atoms with van der Waals surface area (Å²) in [6.45, 7) is 1.10. The van der Waals surface area contributed by atoms with Crippen molar-refractivity contribution in [1.82, 2.24) is 19.9 Å². The highest BCUT2D eigenvalue weighted by Crippen LogP contribution is 2.22. The third-order valence-electron chi connectivity index (χ3n) is 4.02. The molecule has 1 amide bonds. The standard InChI is InChI=1S/C18H20N4O4S/c1-26-11-3-10-19-18(23)14-6-9-16-20-21-17(22(16)12-14)13-4-7-15(8-5-13)27(2,24)25/h4-9,12H,3,10-11H2,1-2H3,(H-,19,23,24,25). The summed E-state index contributed by atoms with van der Waals surface area (Å²) in [5.74, 6) is 0.333. The molecule has 0 saturated carbocycles. The first-order chi connectivity index (χ1) is 12.9. The second-order valence-corrected chi connectivity index (χ2v) is 8.08. The molecule has 1 N–H and O–H groups in total. The van der Waals surface area contributed by atoms with Gasteiger partial charge in [0, 0.05) is 32.0 Å². The van der Waals surface area contributed by atoms with Crippen LogP contribution in [0.25, 0.3) is 17.0 Å². The fourth-order valence-electron chi connectivity index (χ4n) is 2.59. The average molecular weight is 388 g/mol. The molecule has 0 radical (unpaired) electrons. The van der Waals surface area contributed by atoms with Crippen molar-refractivity contribution < 1.29 is 18.3 Å². The van der Waals surface area contributed by atoms with Gasteiger partial charge in [0.15, 0.2) is 16.4 Å². The van der Waals surface area contributed by atoms with Crippen molar-refractivity contribution >= 4 is 21.8 Å². The molecule has 0 fully saturated rings. The van der Waals surface area contributed by atoms with Gasteiger partial charge in [-0.05, 0) is 42.8 Å². The Balaban J connectivity index is 1.87. The van der Waals surface area contributed by atoms with E-state index in [2.05, 4.69) is 15.5 Å². The van der Waals surface area contributed by atoms with Crippen LogP contribution in [-0.2, 0) is 19.2 Å². The van der Waals surface area contributed by atoms with Crippen molar-refractivity contribution in [1.29, 1.82) is 0 Å². The van der Waals surface area contributed by atoms with Crippen LogP contribution in [0.4, 0.5) is 0 Å². The summed E-state index contributed by atoms with van der Waals surface area (Å²) in [6, 6.07) is 9.79. The number of sulfone groups is 1. The zero-order valence-electron chi connectivity index (χ0n) is 15.0. The van der Waals surface area contributed by atoms with E-state index in [-0.39, 0.29) is 10.8 Å². The molecule has 1 unspecified atom stereocenters. The lowest BCUT2D eigenvalue weighted by molar-refractivity contribution is 0.0948. The van der Waals surface area contributed by atoms with Gasteiger partial charge in [-0.2, -0.15) is 0 Å². The Kier molecular flexibility index (Phi) is 5.64. The lowest BCUT2D eigenvalue weighted by Crippen LogP contribution is -2.25. The summed E-state index contributed by atoms with van der Waals surface area (Å²) < 4.78 is 29.9. The van der Waals surface area contributed by atoms with E-state index in [1.54, 1.807) is 42.0 Å². The number of carbonyl (C=O) groups excluding carboxylic acids is 1. The molecule has 2 aromatic heterocycles. The highest BCUT2D eigenvalue weighted by atomic mass is 32.3. The summed E-state index contributed by atoms with van der Waals surface area (Å²) in [7, 11) is -1.65. The quantitative estimate of drug-likeness (QED) is 0.488. The molecular formula is C18H20N4O4S. The van der Waals surface area contributed by atoms with Gasteiger partial charge < -0.3 is 14.6 Å². The summed E-state index contributed by atoms with van der Waals surface area (Å²) in [5, 5.41) is 11.1. The highest BCUT2D eigenvalue weighted by Gasteiger charge is 2.15. The summed E-state index contributed by atoms with van der Waals surface area (Å²) in [4.78, 5) is 12.5. The van der Waals surface area contributed by atoms with E-state index >= 15 is 0 Å². The number of methoxy groups -OCH3 is 1. The number of aromatic nitrogens is 3. The molecule has 0 spiro atoms. The first-order valence-electron chi connectivity index (χ1n) is 8.32. The zero-order valence-corrected chi connectivity index (χ0v) is 15.9. The van der Waals surface area contributed by atoms with Crippen LogP contribution < -0.4 is 5.32 Å². The molecule has 1 aromatic carbocycles. The van der Waals surface area contributed by atoms with E-state index in [1.165, 1.54) is 12.1 Å². The maximum atomic E-state index is 12.3. The number of amides is 1. The molecule has 0 aliphatic heterocycles. The minimum absolute atomic E-state index is 0.194. The Morgan fingerprint density at radius 1 is 1.22 bits per heavy atom. The van der Waals surface area contributed by atoms with Gasteiger partial charge in [0.2, 0.25) is 0 Å². The lowest BCUT2D eigenvalue weighted by atomic mass is 10.2. The van der Waals surface area contributed by atoms with Crippen LogP contribution in [0, 0.1) is 0 Å². The van der Waals surface area contributed by atoms with E-state index in [0.717, 1.165) is 12.7 Å². The Labute approximate surface area is 157 Å². The van der Waals surface area contributed by atoms with Gasteiger partial charge in [0.1, 0.15) is 6.26 Å². The van der Waals surface area contributed by atoms with E-state index in [9.17, 15) is 13.6 Å². The number of hydrogen-bond acceptors (Lipinski definition) is 6. The van der Waals surface area contributed by atoms with Crippen molar-refractivity contribution in [2.24, 2.45) is 0 Å². The normalized spacial score (nSPS) is 13.4. The van der Waals surface area contributed by atoms with E-state index in [4.69, 9.17) is 4.74 Å². The van der Waals surface area contributed by atoms with Gasteiger partial charge in [0.25, 0.3) is 5.91 Å². The second-order valence-electron chi connectivity index (χ2n) is 6.07. The van der Waals surface area contributed by atoms with Crippen LogP contribution in [0.3, 0.4) is 0 Å². The largest absolute Gasteiger partial charge is 0.610 e. The maximum absolute atomic E-state index is 12.3. The topological polar surface area (TPSA) is 109 Å². The van der Waals surface area contributed by atoms with Crippen LogP contribution in [0.1, 0.15) is 16.8 Å². The SMILES string of the molecule is COCCCNC(=O)c1ccc2nnc(-c3ccc([S+](C)(=O)[O-])cc3)n2c1. The van der Waals surface area contributed by atoms with Crippen molar-refractivity contribution in [3.63, 3.8) is 0 Å². The van der Waals surface area contributed by atoms with Gasteiger partial charge in [-0.15, -0.1) is 14.4 Å². The fraction of sp³-hybridized carbons (Fsp3) is 0.278. The zero-order chi connectivity index (χ0) is 19.4. The number of nitrogens with zero attached hydrogens (tertiary/aromatic N) is 3. The number of benzene rings is 1. The molecular weight excluding hydrogens is 368 g/mol. The Bertz CT molecular complexity index is 994. The van der Waals surface area contributed by atoms with Crippen molar-refractivity contribution in [3.05, 3.63) is 48.2 Å². The third kappa shape index (κ3) is 4.38. The molecule has 3 rings (SSSR count). The predicted octanol–water partition coefficient (Wildman–Crippen LogP) is 1.78. The van der Waals surface area contributed by atoms with Crippen LogP contribution in [0.5, 0.6) is 0 Å². The average Bonchev–Trinajstić information content (AvgIpc) is 3.07. The van der Waals surface area contributed by atoms with Gasteiger partial charge in [0.05, 0.1) is 15.8 Å². The number of nitrogens with one attached hydrogen (secondary N) is 1. The second kappa shape index (κ2) is 7.95. The van der Waals surface area contributed by atoms with Crippen LogP contribution in [0.2, 0.25) is 0 Å². The van der Waals surface area contributed by atoms with Gasteiger partial charge in [-0.3, -0.25) is 9.20 Å². The Morgan fingerprint density at radius 3 is 2.63 bits per heavy atom. The Hall–Kier alpha value is -2.62. The molecule has 27 heavy (non-hydrogen) atoms. The van der Waals surface area contributed by atoms with Gasteiger partial charge in [-0.25, -0.2) is 0 Å². The number of carbonyl (C=O) groups is 1. The van der Waals surface area contributed by atoms with Crippen LogP contribution >= 0.6 is 0 Å². The molecule has 1 atom stereocenters. The maximum Gasteiger partial charge on any atom is 0.252 e. The number of fused-ring (bicyclic) bond motifs is 1. The van der Waals surface area contributed by atoms with Crippen molar-refractivity contribution in [3.8, 4) is 11.4 Å². The smallest absolute Gasteiger partial charge is 0.252 e. The van der Waals surface area contributed by atoms with Crippen LogP contribution in [-0.4, -0.2) is 51.6 Å². The molecule has 2 heterocycles. The monoisotopic (exact) mass is 388 g/mol. The molecule has 0 saturated heterocycles. The van der Waals surface area contributed by atoms with Crippen LogP contribution in [0.15, 0.2) is 47.5 Å². The number of ether oxygens (including phenoxy) is 1.